The van der Waals surface area contributed by atoms with Gasteiger partial charge < -0.3 is 9.47 Å². The summed E-state index contributed by atoms with van der Waals surface area (Å²) in [6.45, 7) is 7.81. The first-order valence-electron chi connectivity index (χ1n) is 4.48. The van der Waals surface area contributed by atoms with Crippen LogP contribution in [0.25, 0.3) is 0 Å². The number of rotatable bonds is 3. The lowest BCUT2D eigenvalue weighted by atomic mass is 9.81. The van der Waals surface area contributed by atoms with Gasteiger partial charge in [0.25, 0.3) is 0 Å². The molecule has 0 radical (unpaired) electrons. The van der Waals surface area contributed by atoms with Crippen LogP contribution in [-0.2, 0) is 14.3 Å². The van der Waals surface area contributed by atoms with Crippen LogP contribution < -0.4 is 0 Å². The van der Waals surface area contributed by atoms with Crippen molar-refractivity contribution in [3.8, 4) is 0 Å². The van der Waals surface area contributed by atoms with Gasteiger partial charge in [0, 0.05) is 7.11 Å². The Bertz CT molecular complexity index is 206. The maximum Gasteiger partial charge on any atom is 0.325 e. The largest absolute Gasteiger partial charge is 0.468 e. The highest BCUT2D eigenvalue weighted by atomic mass is 79.9. The van der Waals surface area contributed by atoms with Gasteiger partial charge in [-0.3, -0.25) is 4.79 Å². The van der Waals surface area contributed by atoms with Gasteiger partial charge in [-0.05, 0) is 12.3 Å². The molecule has 0 aromatic heterocycles. The van der Waals surface area contributed by atoms with E-state index in [0.717, 1.165) is 0 Å². The van der Waals surface area contributed by atoms with Gasteiger partial charge in [-0.25, -0.2) is 0 Å². The van der Waals surface area contributed by atoms with E-state index < -0.39 is 4.32 Å². The van der Waals surface area contributed by atoms with Gasteiger partial charge >= 0.3 is 5.97 Å². The van der Waals surface area contributed by atoms with Crippen molar-refractivity contribution in [3.05, 3.63) is 0 Å². The molecular weight excluding hydrogens is 248 g/mol. The van der Waals surface area contributed by atoms with Crippen molar-refractivity contribution in [3.63, 3.8) is 0 Å². The number of ether oxygens (including phenoxy) is 2. The summed E-state index contributed by atoms with van der Waals surface area (Å²) >= 11 is 3.37. The topological polar surface area (TPSA) is 35.5 Å². The van der Waals surface area contributed by atoms with Crippen LogP contribution in [0.5, 0.6) is 0 Å². The highest BCUT2D eigenvalue weighted by Crippen LogP contribution is 2.36. The SMILES string of the molecule is COC(=O)[C@](C)(Br)[C@H](OC)C(C)(C)C. The van der Waals surface area contributed by atoms with E-state index in [1.807, 2.05) is 20.8 Å². The molecule has 2 atom stereocenters. The minimum Gasteiger partial charge on any atom is -0.468 e. The Balaban J connectivity index is 4.93. The normalized spacial score (nSPS) is 18.5. The third kappa shape index (κ3) is 2.95. The first-order valence-corrected chi connectivity index (χ1v) is 5.27. The molecule has 0 saturated carbocycles. The smallest absolute Gasteiger partial charge is 0.325 e. The summed E-state index contributed by atoms with van der Waals surface area (Å²) in [6.07, 6.45) is -0.248. The lowest BCUT2D eigenvalue weighted by molar-refractivity contribution is -0.149. The second kappa shape index (κ2) is 4.62. The van der Waals surface area contributed by atoms with E-state index in [2.05, 4.69) is 15.9 Å². The van der Waals surface area contributed by atoms with Gasteiger partial charge in [-0.15, -0.1) is 0 Å². The molecule has 84 valence electrons. The number of halogens is 1. The molecule has 0 saturated heterocycles. The Morgan fingerprint density at radius 2 is 1.64 bits per heavy atom. The van der Waals surface area contributed by atoms with Crippen LogP contribution in [0.2, 0.25) is 0 Å². The first kappa shape index (κ1) is 13.9. The van der Waals surface area contributed by atoms with E-state index in [0.29, 0.717) is 0 Å². The molecule has 0 bridgehead atoms. The molecule has 3 nitrogen and oxygen atoms in total. The van der Waals surface area contributed by atoms with E-state index in [1.54, 1.807) is 14.0 Å². The third-order valence-corrected chi connectivity index (χ3v) is 2.84. The van der Waals surface area contributed by atoms with E-state index in [1.165, 1.54) is 7.11 Å². The zero-order chi connectivity index (χ0) is 11.6. The number of hydrogen-bond donors (Lipinski definition) is 0. The van der Waals surface area contributed by atoms with Crippen molar-refractivity contribution >= 4 is 21.9 Å². The van der Waals surface area contributed by atoms with Crippen molar-refractivity contribution in [2.75, 3.05) is 14.2 Å². The quantitative estimate of drug-likeness (QED) is 0.581. The zero-order valence-corrected chi connectivity index (χ0v) is 11.3. The van der Waals surface area contributed by atoms with Crippen LogP contribution in [0.4, 0.5) is 0 Å². The second-order valence-corrected chi connectivity index (χ2v) is 6.20. The van der Waals surface area contributed by atoms with Crippen molar-refractivity contribution < 1.29 is 14.3 Å². The van der Waals surface area contributed by atoms with Crippen molar-refractivity contribution in [1.82, 2.24) is 0 Å². The number of carbonyl (C=O) groups excluding carboxylic acids is 1. The number of esters is 1. The molecule has 4 heteroatoms. The van der Waals surface area contributed by atoms with Crippen LogP contribution in [0, 0.1) is 5.41 Å². The molecule has 0 fully saturated rings. The predicted molar refractivity (Wildman–Crippen MR) is 59.6 cm³/mol. The van der Waals surface area contributed by atoms with Gasteiger partial charge in [0.05, 0.1) is 13.2 Å². The molecule has 0 rings (SSSR count). The third-order valence-electron chi connectivity index (χ3n) is 2.10. The predicted octanol–water partition coefficient (Wildman–Crippen LogP) is 2.37. The molecule has 0 aliphatic carbocycles. The number of methoxy groups -OCH3 is 2. The molecule has 0 aromatic rings. The van der Waals surface area contributed by atoms with E-state index in [-0.39, 0.29) is 17.5 Å². The van der Waals surface area contributed by atoms with Gasteiger partial charge in [-0.1, -0.05) is 36.7 Å². The summed E-state index contributed by atoms with van der Waals surface area (Å²) in [5.41, 5.74) is -0.138. The van der Waals surface area contributed by atoms with Gasteiger partial charge in [0.1, 0.15) is 4.32 Å². The summed E-state index contributed by atoms with van der Waals surface area (Å²) in [5.74, 6) is -0.320. The molecule has 14 heavy (non-hydrogen) atoms. The number of hydrogen-bond acceptors (Lipinski definition) is 3. The van der Waals surface area contributed by atoms with Gasteiger partial charge in [-0.2, -0.15) is 0 Å². The minimum atomic E-state index is -0.811. The fourth-order valence-corrected chi connectivity index (χ4v) is 2.73. The molecule has 0 aliphatic rings. The first-order chi connectivity index (χ1) is 6.17. The lowest BCUT2D eigenvalue weighted by Crippen LogP contribution is -2.50. The minimum absolute atomic E-state index is 0.138. The maximum atomic E-state index is 11.5. The van der Waals surface area contributed by atoms with E-state index in [9.17, 15) is 4.79 Å². The van der Waals surface area contributed by atoms with Gasteiger partial charge in [0.2, 0.25) is 0 Å². The standard InChI is InChI=1S/C10H19BrO3/c1-9(2,3)7(13-5)10(4,11)8(12)14-6/h7H,1-6H3/t7-,10-/m1/s1. The van der Waals surface area contributed by atoms with Crippen LogP contribution >= 0.6 is 15.9 Å². The second-order valence-electron chi connectivity index (χ2n) is 4.55. The van der Waals surface area contributed by atoms with Crippen LogP contribution in [0.1, 0.15) is 27.7 Å². The van der Waals surface area contributed by atoms with Crippen molar-refractivity contribution in [2.24, 2.45) is 5.41 Å². The summed E-state index contributed by atoms with van der Waals surface area (Å²) in [5, 5.41) is 0. The molecule has 0 aliphatic heterocycles. The molecular formula is C10H19BrO3. The van der Waals surface area contributed by atoms with E-state index in [4.69, 9.17) is 9.47 Å². The number of carbonyl (C=O) groups is 1. The molecule has 0 unspecified atom stereocenters. The molecule has 0 N–H and O–H groups in total. The average molecular weight is 267 g/mol. The Hall–Kier alpha value is -0.0900. The average Bonchev–Trinajstić information content (AvgIpc) is 2.00. The van der Waals surface area contributed by atoms with Gasteiger partial charge in [0.15, 0.2) is 0 Å². The van der Waals surface area contributed by atoms with Crippen LogP contribution in [0.15, 0.2) is 0 Å². The molecule has 0 spiro atoms. The number of alkyl halides is 1. The zero-order valence-electron chi connectivity index (χ0n) is 9.68. The Morgan fingerprint density at radius 3 is 1.86 bits per heavy atom. The highest BCUT2D eigenvalue weighted by Gasteiger charge is 2.46. The Kier molecular flexibility index (Phi) is 4.59. The lowest BCUT2D eigenvalue weighted by Gasteiger charge is -2.38. The van der Waals surface area contributed by atoms with Crippen molar-refractivity contribution in [2.45, 2.75) is 38.1 Å². The maximum absolute atomic E-state index is 11.5. The molecule has 0 heterocycles. The fraction of sp³-hybridized carbons (Fsp3) is 0.900. The summed E-state index contributed by atoms with van der Waals surface area (Å²) in [7, 11) is 2.97. The molecule has 0 amide bonds. The molecule has 0 aromatic carbocycles. The van der Waals surface area contributed by atoms with Crippen molar-refractivity contribution in [1.29, 1.82) is 0 Å². The van der Waals surface area contributed by atoms with E-state index >= 15 is 0 Å². The van der Waals surface area contributed by atoms with Crippen LogP contribution in [0.3, 0.4) is 0 Å². The van der Waals surface area contributed by atoms with Crippen LogP contribution in [-0.4, -0.2) is 30.6 Å². The summed E-state index contributed by atoms with van der Waals surface area (Å²) in [6, 6.07) is 0. The summed E-state index contributed by atoms with van der Waals surface area (Å²) in [4.78, 5) is 11.5. The fourth-order valence-electron chi connectivity index (χ4n) is 1.69. The Morgan fingerprint density at radius 1 is 1.21 bits per heavy atom. The monoisotopic (exact) mass is 266 g/mol. The Labute approximate surface area is 94.3 Å². The highest BCUT2D eigenvalue weighted by molar-refractivity contribution is 9.10. The summed E-state index contributed by atoms with van der Waals surface area (Å²) < 4.78 is 9.27.